The Hall–Kier alpha value is -3.49. The van der Waals surface area contributed by atoms with Gasteiger partial charge in [-0.1, -0.05) is 42.0 Å². The smallest absolute Gasteiger partial charge is 0.271 e. The van der Waals surface area contributed by atoms with E-state index >= 15 is 0 Å². The van der Waals surface area contributed by atoms with Crippen molar-refractivity contribution in [3.63, 3.8) is 0 Å². The highest BCUT2D eigenvalue weighted by molar-refractivity contribution is 7.89. The maximum Gasteiger partial charge on any atom is 0.271 e. The van der Waals surface area contributed by atoms with E-state index in [0.717, 1.165) is 22.4 Å². The fraction of sp³-hybridized carbons (Fsp3) is 0.200. The Morgan fingerprint density at radius 3 is 2.09 bits per heavy atom. The molecule has 0 bridgehead atoms. The molecule has 172 valence electrons. The summed E-state index contributed by atoms with van der Waals surface area (Å²) in [4.78, 5) is 14.6. The van der Waals surface area contributed by atoms with Crippen LogP contribution in [-0.2, 0) is 16.6 Å². The summed E-state index contributed by atoms with van der Waals surface area (Å²) in [6.07, 6.45) is 1.58. The number of hydrogen-bond acceptors (Lipinski definition) is 5. The lowest BCUT2D eigenvalue weighted by molar-refractivity contribution is 0.0955. The van der Waals surface area contributed by atoms with Crippen molar-refractivity contribution in [2.24, 2.45) is 5.10 Å². The fourth-order valence-corrected chi connectivity index (χ4v) is 4.24. The topological polar surface area (TPSA) is 82.1 Å². The minimum atomic E-state index is -3.59. The van der Waals surface area contributed by atoms with Gasteiger partial charge in [-0.15, -0.1) is 0 Å². The average molecular weight is 465 g/mol. The lowest BCUT2D eigenvalue weighted by atomic mass is 10.1. The predicted molar refractivity (Wildman–Crippen MR) is 132 cm³/mol. The number of sulfonamides is 1. The highest BCUT2D eigenvalue weighted by Gasteiger charge is 2.20. The van der Waals surface area contributed by atoms with Crippen LogP contribution in [0.3, 0.4) is 0 Å². The zero-order valence-corrected chi connectivity index (χ0v) is 20.0. The van der Waals surface area contributed by atoms with Crippen molar-refractivity contribution in [2.45, 2.75) is 18.4 Å². The maximum atomic E-state index is 12.8. The van der Waals surface area contributed by atoms with Gasteiger partial charge in [-0.05, 0) is 54.4 Å². The largest absolute Gasteiger partial charge is 0.378 e. The first-order chi connectivity index (χ1) is 15.7. The van der Waals surface area contributed by atoms with Gasteiger partial charge >= 0.3 is 0 Å². The molecule has 1 N–H and O–H groups in total. The van der Waals surface area contributed by atoms with E-state index < -0.39 is 10.0 Å². The fourth-order valence-electron chi connectivity index (χ4n) is 3.08. The molecule has 7 nitrogen and oxygen atoms in total. The highest BCUT2D eigenvalue weighted by Crippen LogP contribution is 2.18. The van der Waals surface area contributed by atoms with Crippen LogP contribution < -0.4 is 10.3 Å². The van der Waals surface area contributed by atoms with Gasteiger partial charge in [-0.25, -0.2) is 13.8 Å². The van der Waals surface area contributed by atoms with Gasteiger partial charge in [-0.2, -0.15) is 9.41 Å². The number of benzene rings is 3. The molecule has 3 rings (SSSR count). The molecule has 0 heterocycles. The molecule has 0 spiro atoms. The number of carbonyl (C=O) groups is 1. The number of hydrogen-bond donors (Lipinski definition) is 1. The zero-order chi connectivity index (χ0) is 24.0. The molecule has 0 unspecified atom stereocenters. The standard InChI is InChI=1S/C25H28N4O3S/c1-19-5-15-24(16-6-19)33(31,32)29(4)18-21-7-11-22(12-8-21)25(30)27-26-17-20-9-13-23(14-10-20)28(2)3/h5-17H,18H2,1-4H3,(H,27,30). The lowest BCUT2D eigenvalue weighted by Crippen LogP contribution is -2.26. The number of carbonyl (C=O) groups excluding carboxylic acids is 1. The summed E-state index contributed by atoms with van der Waals surface area (Å²) >= 11 is 0. The first-order valence-corrected chi connectivity index (χ1v) is 11.8. The number of rotatable bonds is 8. The summed E-state index contributed by atoms with van der Waals surface area (Å²) in [7, 11) is 1.88. The summed E-state index contributed by atoms with van der Waals surface area (Å²) in [6, 6.07) is 21.3. The molecule has 33 heavy (non-hydrogen) atoms. The van der Waals surface area contributed by atoms with Crippen LogP contribution in [-0.4, -0.2) is 46.0 Å². The molecule has 3 aromatic carbocycles. The third-order valence-corrected chi connectivity index (χ3v) is 6.96. The van der Waals surface area contributed by atoms with Gasteiger partial charge in [0.15, 0.2) is 0 Å². The molecule has 3 aromatic rings. The Labute approximate surface area is 195 Å². The van der Waals surface area contributed by atoms with Crippen molar-refractivity contribution >= 4 is 27.8 Å². The Kier molecular flexibility index (Phi) is 7.63. The molecule has 0 aliphatic rings. The predicted octanol–water partition coefficient (Wildman–Crippen LogP) is 3.65. The number of nitrogens with zero attached hydrogens (tertiary/aromatic N) is 3. The zero-order valence-electron chi connectivity index (χ0n) is 19.2. The van der Waals surface area contributed by atoms with Gasteiger partial charge in [0.2, 0.25) is 10.0 Å². The van der Waals surface area contributed by atoms with E-state index in [9.17, 15) is 13.2 Å². The van der Waals surface area contributed by atoms with E-state index in [1.54, 1.807) is 54.7 Å². The van der Waals surface area contributed by atoms with Crippen LogP contribution in [0.15, 0.2) is 82.8 Å². The third kappa shape index (κ3) is 6.27. The number of anilines is 1. The van der Waals surface area contributed by atoms with Gasteiger partial charge < -0.3 is 4.90 Å². The molecule has 0 radical (unpaired) electrons. The van der Waals surface area contributed by atoms with Crippen LogP contribution in [0.2, 0.25) is 0 Å². The first kappa shape index (κ1) is 24.2. The Morgan fingerprint density at radius 2 is 1.52 bits per heavy atom. The van der Waals surface area contributed by atoms with Crippen molar-refractivity contribution in [3.8, 4) is 0 Å². The quantitative estimate of drug-likeness (QED) is 0.408. The molecule has 8 heteroatoms. The van der Waals surface area contributed by atoms with Crippen LogP contribution in [0.5, 0.6) is 0 Å². The average Bonchev–Trinajstić information content (AvgIpc) is 2.80. The number of aryl methyl sites for hydroxylation is 1. The number of nitrogens with one attached hydrogen (secondary N) is 1. The second-order valence-electron chi connectivity index (χ2n) is 7.96. The molecule has 0 saturated heterocycles. The minimum absolute atomic E-state index is 0.194. The summed E-state index contributed by atoms with van der Waals surface area (Å²) < 4.78 is 26.8. The van der Waals surface area contributed by atoms with E-state index in [1.807, 2.05) is 50.2 Å². The van der Waals surface area contributed by atoms with Gasteiger partial charge in [-0.3, -0.25) is 4.79 Å². The van der Waals surface area contributed by atoms with Crippen LogP contribution in [0.4, 0.5) is 5.69 Å². The number of amides is 1. The molecule has 0 aliphatic heterocycles. The van der Waals surface area contributed by atoms with Gasteiger partial charge in [0.05, 0.1) is 11.1 Å². The van der Waals surface area contributed by atoms with Gasteiger partial charge in [0.1, 0.15) is 0 Å². The van der Waals surface area contributed by atoms with E-state index in [-0.39, 0.29) is 17.3 Å². The lowest BCUT2D eigenvalue weighted by Gasteiger charge is -2.17. The molecular formula is C25H28N4O3S. The first-order valence-electron chi connectivity index (χ1n) is 10.4. The normalized spacial score (nSPS) is 11.7. The highest BCUT2D eigenvalue weighted by atomic mass is 32.2. The molecule has 1 amide bonds. The minimum Gasteiger partial charge on any atom is -0.378 e. The summed E-state index contributed by atoms with van der Waals surface area (Å²) in [5, 5.41) is 4.01. The molecule has 0 aromatic heterocycles. The van der Waals surface area contributed by atoms with Crippen LogP contribution in [0.25, 0.3) is 0 Å². The van der Waals surface area contributed by atoms with Crippen molar-refractivity contribution < 1.29 is 13.2 Å². The summed E-state index contributed by atoms with van der Waals surface area (Å²) in [5.41, 5.74) is 6.66. The van der Waals surface area contributed by atoms with Gasteiger partial charge in [0, 0.05) is 38.9 Å². The Morgan fingerprint density at radius 1 is 0.909 bits per heavy atom. The Balaban J connectivity index is 1.58. The van der Waals surface area contributed by atoms with E-state index in [0.29, 0.717) is 5.56 Å². The van der Waals surface area contributed by atoms with Gasteiger partial charge in [0.25, 0.3) is 5.91 Å². The molecule has 0 fully saturated rings. The monoisotopic (exact) mass is 464 g/mol. The van der Waals surface area contributed by atoms with Crippen molar-refractivity contribution in [1.82, 2.24) is 9.73 Å². The molecule has 0 atom stereocenters. The van der Waals surface area contributed by atoms with Crippen LogP contribution >= 0.6 is 0 Å². The van der Waals surface area contributed by atoms with E-state index in [1.165, 1.54) is 11.4 Å². The van der Waals surface area contributed by atoms with Crippen LogP contribution in [0, 0.1) is 6.92 Å². The molecule has 0 saturated carbocycles. The SMILES string of the molecule is Cc1ccc(S(=O)(=O)N(C)Cc2ccc(C(=O)NN=Cc3ccc(N(C)C)cc3)cc2)cc1. The van der Waals surface area contributed by atoms with Crippen molar-refractivity contribution in [2.75, 3.05) is 26.0 Å². The summed E-state index contributed by atoms with van der Waals surface area (Å²) in [6.45, 7) is 2.10. The summed E-state index contributed by atoms with van der Waals surface area (Å²) in [5.74, 6) is -0.344. The van der Waals surface area contributed by atoms with Crippen LogP contribution in [0.1, 0.15) is 27.0 Å². The molecule has 0 aliphatic carbocycles. The second kappa shape index (κ2) is 10.4. The third-order valence-electron chi connectivity index (χ3n) is 5.14. The second-order valence-corrected chi connectivity index (χ2v) is 10.0. The maximum absolute atomic E-state index is 12.8. The van der Waals surface area contributed by atoms with E-state index in [2.05, 4.69) is 10.5 Å². The Bertz CT molecular complexity index is 1220. The van der Waals surface area contributed by atoms with Crippen molar-refractivity contribution in [1.29, 1.82) is 0 Å². The number of hydrazone groups is 1. The van der Waals surface area contributed by atoms with E-state index in [4.69, 9.17) is 0 Å². The molecular weight excluding hydrogens is 436 g/mol. The van der Waals surface area contributed by atoms with Crippen molar-refractivity contribution in [3.05, 3.63) is 95.1 Å².